The highest BCUT2D eigenvalue weighted by Gasteiger charge is 2.18. The Morgan fingerprint density at radius 1 is 0.683 bits per heavy atom. The lowest BCUT2D eigenvalue weighted by Crippen LogP contribution is -2.37. The molecule has 0 unspecified atom stereocenters. The molecule has 2 aromatic carbocycles. The molecule has 2 fully saturated rings. The maximum absolute atomic E-state index is 2.64. The van der Waals surface area contributed by atoms with Crippen molar-refractivity contribution in [1.82, 2.24) is 9.80 Å². The second-order valence-corrected chi connectivity index (χ2v) is 11.8. The van der Waals surface area contributed by atoms with Crippen molar-refractivity contribution in [1.29, 1.82) is 0 Å². The number of piperidine rings is 2. The third-order valence-electron chi connectivity index (χ3n) is 9.14. The number of rotatable bonds is 11. The second-order valence-electron chi connectivity index (χ2n) is 11.8. The molecule has 0 spiro atoms. The van der Waals surface area contributed by atoms with Crippen LogP contribution in [0.4, 0.5) is 5.69 Å². The van der Waals surface area contributed by atoms with Crippen LogP contribution >= 0.6 is 0 Å². The van der Waals surface area contributed by atoms with Crippen LogP contribution in [0.3, 0.4) is 0 Å². The smallest absolute Gasteiger partial charge is 0.199 e. The van der Waals surface area contributed by atoms with Gasteiger partial charge in [-0.15, -0.1) is 0 Å². The Morgan fingerprint density at radius 2 is 1.27 bits per heavy atom. The van der Waals surface area contributed by atoms with Gasteiger partial charge in [0.25, 0.3) is 0 Å². The maximum Gasteiger partial charge on any atom is 0.199 e. The number of allylic oxidation sites excluding steroid dienone is 5. The molecule has 41 heavy (non-hydrogen) atoms. The molecule has 2 saturated heterocycles. The molecule has 1 aliphatic carbocycles. The van der Waals surface area contributed by atoms with Crippen molar-refractivity contribution in [3.05, 3.63) is 95.6 Å². The Hall–Kier alpha value is -2.95. The predicted molar refractivity (Wildman–Crippen MR) is 176 cm³/mol. The van der Waals surface area contributed by atoms with E-state index in [4.69, 9.17) is 0 Å². The normalized spacial score (nSPS) is 18.1. The van der Waals surface area contributed by atoms with Gasteiger partial charge in [0.15, 0.2) is 12.3 Å². The van der Waals surface area contributed by atoms with E-state index in [1.165, 1.54) is 98.4 Å². The molecule has 4 heteroatoms. The number of hydrogen-bond acceptors (Lipinski definition) is 3. The fourth-order valence-corrected chi connectivity index (χ4v) is 6.61. The highest BCUT2D eigenvalue weighted by atomic mass is 15.2. The van der Waals surface area contributed by atoms with Gasteiger partial charge in [-0.1, -0.05) is 55.3 Å². The van der Waals surface area contributed by atoms with Crippen molar-refractivity contribution in [3.8, 4) is 0 Å². The fourth-order valence-electron chi connectivity index (χ4n) is 6.61. The Labute approximate surface area is 249 Å². The quantitative estimate of drug-likeness (QED) is 0.282. The SMILES string of the molecule is CCN(CCN1CCCCC1)c1ccc(C(=C2C=CC(=[N+](CC)CCN3CCCCC3)C=C2)c2ccccc2)cc1. The van der Waals surface area contributed by atoms with E-state index in [0.29, 0.717) is 0 Å². The number of benzene rings is 2. The van der Waals surface area contributed by atoms with Gasteiger partial charge in [0.2, 0.25) is 0 Å². The van der Waals surface area contributed by atoms with E-state index in [9.17, 15) is 0 Å². The molecule has 0 N–H and O–H groups in total. The molecule has 0 bridgehead atoms. The van der Waals surface area contributed by atoms with E-state index in [0.717, 1.165) is 39.3 Å². The van der Waals surface area contributed by atoms with Crippen molar-refractivity contribution in [2.75, 3.05) is 70.3 Å². The molecule has 218 valence electrons. The van der Waals surface area contributed by atoms with Gasteiger partial charge in [-0.05, 0) is 112 Å². The summed E-state index contributed by atoms with van der Waals surface area (Å²) in [5.74, 6) is 0. The van der Waals surface area contributed by atoms with Crippen LogP contribution in [0.5, 0.6) is 0 Å². The summed E-state index contributed by atoms with van der Waals surface area (Å²) < 4.78 is 2.53. The second kappa shape index (κ2) is 15.3. The topological polar surface area (TPSA) is 12.7 Å². The van der Waals surface area contributed by atoms with Crippen LogP contribution in [0.1, 0.15) is 63.5 Å². The first-order chi connectivity index (χ1) is 20.2. The number of anilines is 1. The molecule has 4 nitrogen and oxygen atoms in total. The standard InChI is InChI=1S/C37H51N4/c1-3-40(30-28-38-24-10-6-11-25-38)35-20-16-33(17-21-35)37(32-14-8-5-9-15-32)34-18-22-36(23-19-34)41(4-2)31-29-39-26-12-7-13-27-39/h5,8-9,14-23H,3-4,6-7,10-13,24-31H2,1-2H3/q+1. The van der Waals surface area contributed by atoms with Gasteiger partial charge in [-0.3, -0.25) is 4.90 Å². The number of likely N-dealkylation sites (tertiary alicyclic amines) is 2. The number of nitrogens with zero attached hydrogens (tertiary/aromatic N) is 4. The molecule has 2 aromatic rings. The van der Waals surface area contributed by atoms with E-state index in [2.05, 4.69) is 112 Å². The lowest BCUT2D eigenvalue weighted by molar-refractivity contribution is -0.523. The molecular weight excluding hydrogens is 500 g/mol. The van der Waals surface area contributed by atoms with Crippen molar-refractivity contribution >= 4 is 17.0 Å². The maximum atomic E-state index is 2.64. The first kappa shape index (κ1) is 29.5. The van der Waals surface area contributed by atoms with Crippen molar-refractivity contribution in [2.24, 2.45) is 0 Å². The minimum Gasteiger partial charge on any atom is -0.371 e. The average molecular weight is 552 g/mol. The summed E-state index contributed by atoms with van der Waals surface area (Å²) in [5.41, 5.74) is 7.76. The van der Waals surface area contributed by atoms with Crippen molar-refractivity contribution in [3.63, 3.8) is 0 Å². The summed E-state index contributed by atoms with van der Waals surface area (Å²) in [6.45, 7) is 16.2. The van der Waals surface area contributed by atoms with Crippen LogP contribution in [0.2, 0.25) is 0 Å². The molecule has 0 saturated carbocycles. The van der Waals surface area contributed by atoms with Crippen molar-refractivity contribution < 1.29 is 4.58 Å². The fraction of sp³-hybridized carbons (Fsp3) is 0.486. The third kappa shape index (κ3) is 8.08. The highest BCUT2D eigenvalue weighted by molar-refractivity contribution is 6.04. The number of likely N-dealkylation sites (N-methyl/N-ethyl adjacent to an activating group) is 2. The average Bonchev–Trinajstić information content (AvgIpc) is 3.04. The predicted octanol–water partition coefficient (Wildman–Crippen LogP) is 6.89. The van der Waals surface area contributed by atoms with Crippen LogP contribution in [0.25, 0.3) is 5.57 Å². The van der Waals surface area contributed by atoms with Crippen LogP contribution in [-0.2, 0) is 0 Å². The molecule has 0 aromatic heterocycles. The molecule has 0 amide bonds. The molecule has 0 atom stereocenters. The molecule has 3 aliphatic rings. The molecular formula is C37H51N4+. The van der Waals surface area contributed by atoms with Gasteiger partial charge in [-0.2, -0.15) is 0 Å². The first-order valence-corrected chi connectivity index (χ1v) is 16.3. The summed E-state index contributed by atoms with van der Waals surface area (Å²) in [4.78, 5) is 7.80. The summed E-state index contributed by atoms with van der Waals surface area (Å²) in [5, 5.41) is 0. The Morgan fingerprint density at radius 3 is 1.85 bits per heavy atom. The summed E-state index contributed by atoms with van der Waals surface area (Å²) in [6, 6.07) is 20.2. The lowest BCUT2D eigenvalue weighted by atomic mass is 9.90. The van der Waals surface area contributed by atoms with E-state index >= 15 is 0 Å². The van der Waals surface area contributed by atoms with Gasteiger partial charge in [0.1, 0.15) is 6.54 Å². The van der Waals surface area contributed by atoms with Gasteiger partial charge < -0.3 is 9.80 Å². The lowest BCUT2D eigenvalue weighted by Gasteiger charge is -2.30. The summed E-state index contributed by atoms with van der Waals surface area (Å²) in [6.07, 6.45) is 17.5. The molecule has 0 radical (unpaired) electrons. The van der Waals surface area contributed by atoms with Gasteiger partial charge in [0.05, 0.1) is 6.54 Å². The molecule has 2 aliphatic heterocycles. The third-order valence-corrected chi connectivity index (χ3v) is 9.14. The van der Waals surface area contributed by atoms with Crippen LogP contribution in [0, 0.1) is 0 Å². The van der Waals surface area contributed by atoms with Crippen LogP contribution < -0.4 is 4.90 Å². The van der Waals surface area contributed by atoms with Crippen LogP contribution in [-0.4, -0.2) is 85.5 Å². The Kier molecular flexibility index (Phi) is 11.0. The van der Waals surface area contributed by atoms with Gasteiger partial charge in [-0.25, -0.2) is 4.58 Å². The van der Waals surface area contributed by atoms with E-state index < -0.39 is 0 Å². The Bertz CT molecular complexity index is 1190. The van der Waals surface area contributed by atoms with Gasteiger partial charge >= 0.3 is 0 Å². The highest BCUT2D eigenvalue weighted by Crippen LogP contribution is 2.31. The van der Waals surface area contributed by atoms with Crippen LogP contribution in [0.15, 0.2) is 84.5 Å². The summed E-state index contributed by atoms with van der Waals surface area (Å²) >= 11 is 0. The summed E-state index contributed by atoms with van der Waals surface area (Å²) in [7, 11) is 0. The largest absolute Gasteiger partial charge is 0.371 e. The van der Waals surface area contributed by atoms with Gasteiger partial charge in [0, 0.05) is 37.5 Å². The van der Waals surface area contributed by atoms with E-state index in [-0.39, 0.29) is 0 Å². The zero-order valence-electron chi connectivity index (χ0n) is 25.6. The zero-order chi connectivity index (χ0) is 28.3. The van der Waals surface area contributed by atoms with E-state index in [1.54, 1.807) is 0 Å². The molecule has 5 rings (SSSR count). The molecule has 2 heterocycles. The number of hydrogen-bond donors (Lipinski definition) is 0. The zero-order valence-corrected chi connectivity index (χ0v) is 25.6. The van der Waals surface area contributed by atoms with Crippen molar-refractivity contribution in [2.45, 2.75) is 52.4 Å². The first-order valence-electron chi connectivity index (χ1n) is 16.3. The minimum absolute atomic E-state index is 1.04. The minimum atomic E-state index is 1.04. The monoisotopic (exact) mass is 551 g/mol. The van der Waals surface area contributed by atoms with E-state index in [1.807, 2.05) is 0 Å². The Balaban J connectivity index is 1.34.